The van der Waals surface area contributed by atoms with E-state index in [1.54, 1.807) is 24.3 Å². The number of nitrogens with one attached hydrogen (secondary N) is 1. The molecule has 0 fully saturated rings. The molecule has 0 bridgehead atoms. The molecule has 0 aliphatic heterocycles. The summed E-state index contributed by atoms with van der Waals surface area (Å²) in [7, 11) is 0.474. The topological polar surface area (TPSA) is 113 Å². The standard InChI is InChI=1S/C13H20N4O4S/c1-16(2)22(20,21)17(3)9-13(19)15-11-6-4-10(5-7-11)8-12(14)18/h4-7H,8-9H2,1-3H3,(H2,14,18)(H,15,19). The van der Waals surface area contributed by atoms with Crippen LogP contribution in [0.15, 0.2) is 24.3 Å². The summed E-state index contributed by atoms with van der Waals surface area (Å²) in [5.74, 6) is -0.900. The highest BCUT2D eigenvalue weighted by molar-refractivity contribution is 7.86. The third-order valence-electron chi connectivity index (χ3n) is 2.84. The second-order valence-electron chi connectivity index (χ2n) is 4.93. The van der Waals surface area contributed by atoms with Gasteiger partial charge >= 0.3 is 0 Å². The van der Waals surface area contributed by atoms with E-state index in [1.807, 2.05) is 0 Å². The van der Waals surface area contributed by atoms with Gasteiger partial charge in [-0.25, -0.2) is 0 Å². The summed E-state index contributed by atoms with van der Waals surface area (Å²) in [4.78, 5) is 22.6. The first kappa shape index (κ1) is 18.1. The van der Waals surface area contributed by atoms with Crippen LogP contribution < -0.4 is 11.1 Å². The number of anilines is 1. The number of primary amides is 1. The zero-order valence-electron chi connectivity index (χ0n) is 12.7. The Balaban J connectivity index is 2.64. The van der Waals surface area contributed by atoms with Crippen LogP contribution in [0.2, 0.25) is 0 Å². The molecule has 1 aromatic carbocycles. The number of carbonyl (C=O) groups is 2. The van der Waals surface area contributed by atoms with Crippen LogP contribution in [0.25, 0.3) is 0 Å². The Morgan fingerprint density at radius 3 is 2.14 bits per heavy atom. The number of nitrogens with zero attached hydrogens (tertiary/aromatic N) is 2. The van der Waals surface area contributed by atoms with E-state index in [2.05, 4.69) is 5.32 Å². The molecule has 122 valence electrons. The second kappa shape index (κ2) is 7.34. The number of nitrogens with two attached hydrogens (primary N) is 1. The molecular formula is C13H20N4O4S. The molecule has 2 amide bonds. The molecule has 1 aromatic rings. The van der Waals surface area contributed by atoms with Crippen molar-refractivity contribution in [1.29, 1.82) is 0 Å². The number of hydrogen-bond donors (Lipinski definition) is 2. The van der Waals surface area contributed by atoms with Gasteiger partial charge in [-0.1, -0.05) is 12.1 Å². The van der Waals surface area contributed by atoms with E-state index < -0.39 is 22.0 Å². The molecule has 0 aliphatic carbocycles. The Kier molecular flexibility index (Phi) is 6.03. The van der Waals surface area contributed by atoms with E-state index in [0.29, 0.717) is 5.69 Å². The van der Waals surface area contributed by atoms with Gasteiger partial charge in [0.15, 0.2) is 0 Å². The van der Waals surface area contributed by atoms with Gasteiger partial charge in [-0.05, 0) is 17.7 Å². The van der Waals surface area contributed by atoms with Crippen molar-refractivity contribution in [1.82, 2.24) is 8.61 Å². The molecule has 0 saturated carbocycles. The Labute approximate surface area is 130 Å². The minimum absolute atomic E-state index is 0.123. The minimum atomic E-state index is -3.63. The van der Waals surface area contributed by atoms with Crippen molar-refractivity contribution in [2.45, 2.75) is 6.42 Å². The average molecular weight is 328 g/mol. The van der Waals surface area contributed by atoms with Crippen LogP contribution in [0, 0.1) is 0 Å². The quantitative estimate of drug-likeness (QED) is 0.695. The zero-order chi connectivity index (χ0) is 16.9. The normalized spacial score (nSPS) is 11.7. The van der Waals surface area contributed by atoms with Crippen molar-refractivity contribution in [2.24, 2.45) is 5.73 Å². The molecule has 0 heterocycles. The van der Waals surface area contributed by atoms with Gasteiger partial charge in [0.1, 0.15) is 0 Å². The predicted octanol–water partition coefficient (Wildman–Crippen LogP) is -0.609. The highest BCUT2D eigenvalue weighted by Crippen LogP contribution is 2.10. The van der Waals surface area contributed by atoms with Crippen molar-refractivity contribution >= 4 is 27.7 Å². The molecule has 0 unspecified atom stereocenters. The summed E-state index contributed by atoms with van der Waals surface area (Å²) in [5, 5.41) is 2.58. The van der Waals surface area contributed by atoms with Crippen molar-refractivity contribution in [3.8, 4) is 0 Å². The number of likely N-dealkylation sites (N-methyl/N-ethyl adjacent to an activating group) is 1. The molecule has 0 atom stereocenters. The first-order valence-corrected chi connectivity index (χ1v) is 7.83. The fourth-order valence-corrected chi connectivity index (χ4v) is 2.51. The van der Waals surface area contributed by atoms with Crippen LogP contribution in [-0.4, -0.2) is 56.5 Å². The molecule has 0 aliphatic rings. The SMILES string of the molecule is CN(C)S(=O)(=O)N(C)CC(=O)Nc1ccc(CC(N)=O)cc1. The zero-order valence-corrected chi connectivity index (χ0v) is 13.6. The second-order valence-corrected chi connectivity index (χ2v) is 7.18. The summed E-state index contributed by atoms with van der Waals surface area (Å²) in [6.45, 7) is -0.302. The molecule has 1 rings (SSSR count). The first-order chi connectivity index (χ1) is 10.1. The lowest BCUT2D eigenvalue weighted by atomic mass is 10.1. The number of amides is 2. The summed E-state index contributed by atoms with van der Waals surface area (Å²) in [6, 6.07) is 6.58. The Hall–Kier alpha value is -1.97. The number of carbonyl (C=O) groups excluding carboxylic acids is 2. The third-order valence-corrected chi connectivity index (χ3v) is 4.68. The van der Waals surface area contributed by atoms with Gasteiger partial charge < -0.3 is 11.1 Å². The van der Waals surface area contributed by atoms with E-state index in [4.69, 9.17) is 5.73 Å². The average Bonchev–Trinajstić information content (AvgIpc) is 2.40. The van der Waals surface area contributed by atoms with E-state index in [-0.39, 0.29) is 13.0 Å². The lowest BCUT2D eigenvalue weighted by molar-refractivity contribution is -0.117. The third kappa shape index (κ3) is 5.10. The number of hydrogen-bond acceptors (Lipinski definition) is 4. The molecule has 0 radical (unpaired) electrons. The maximum absolute atomic E-state index is 11.8. The lowest BCUT2D eigenvalue weighted by Crippen LogP contribution is -2.41. The molecule has 9 heteroatoms. The Morgan fingerprint density at radius 1 is 1.14 bits per heavy atom. The molecule has 8 nitrogen and oxygen atoms in total. The molecule has 0 spiro atoms. The van der Waals surface area contributed by atoms with Gasteiger partial charge in [-0.3, -0.25) is 9.59 Å². The van der Waals surface area contributed by atoms with Crippen LogP contribution in [0.4, 0.5) is 5.69 Å². The highest BCUT2D eigenvalue weighted by Gasteiger charge is 2.22. The van der Waals surface area contributed by atoms with Crippen molar-refractivity contribution in [3.63, 3.8) is 0 Å². The summed E-state index contributed by atoms with van der Waals surface area (Å²) >= 11 is 0. The molecule has 0 saturated heterocycles. The minimum Gasteiger partial charge on any atom is -0.369 e. The smallest absolute Gasteiger partial charge is 0.281 e. The van der Waals surface area contributed by atoms with Crippen molar-refractivity contribution in [3.05, 3.63) is 29.8 Å². The number of rotatable bonds is 7. The summed E-state index contributed by atoms with van der Waals surface area (Å²) in [5.41, 5.74) is 6.33. The van der Waals surface area contributed by atoms with E-state index in [9.17, 15) is 18.0 Å². The van der Waals surface area contributed by atoms with Crippen molar-refractivity contribution < 1.29 is 18.0 Å². The monoisotopic (exact) mass is 328 g/mol. The Morgan fingerprint density at radius 2 is 1.68 bits per heavy atom. The van der Waals surface area contributed by atoms with Crippen LogP contribution in [0.3, 0.4) is 0 Å². The van der Waals surface area contributed by atoms with Crippen LogP contribution >= 0.6 is 0 Å². The maximum Gasteiger partial charge on any atom is 0.281 e. The highest BCUT2D eigenvalue weighted by atomic mass is 32.2. The van der Waals surface area contributed by atoms with Gasteiger partial charge in [-0.2, -0.15) is 17.0 Å². The van der Waals surface area contributed by atoms with Crippen LogP contribution in [0.5, 0.6) is 0 Å². The number of benzene rings is 1. The summed E-state index contributed by atoms with van der Waals surface area (Å²) in [6.07, 6.45) is 0.123. The van der Waals surface area contributed by atoms with E-state index in [0.717, 1.165) is 14.2 Å². The fourth-order valence-electron chi connectivity index (χ4n) is 1.67. The predicted molar refractivity (Wildman–Crippen MR) is 83.2 cm³/mol. The first-order valence-electron chi connectivity index (χ1n) is 6.44. The summed E-state index contributed by atoms with van der Waals surface area (Å²) < 4.78 is 25.6. The van der Waals surface area contributed by atoms with Gasteiger partial charge in [0, 0.05) is 26.8 Å². The molecule has 3 N–H and O–H groups in total. The van der Waals surface area contributed by atoms with Gasteiger partial charge in [0.05, 0.1) is 13.0 Å². The molecular weight excluding hydrogens is 308 g/mol. The fraction of sp³-hybridized carbons (Fsp3) is 0.385. The Bertz CT molecular complexity index is 641. The van der Waals surface area contributed by atoms with Gasteiger partial charge in [-0.15, -0.1) is 0 Å². The van der Waals surface area contributed by atoms with Gasteiger partial charge in [0.25, 0.3) is 10.2 Å². The molecule has 0 aromatic heterocycles. The lowest BCUT2D eigenvalue weighted by Gasteiger charge is -2.20. The van der Waals surface area contributed by atoms with Crippen molar-refractivity contribution in [2.75, 3.05) is 33.0 Å². The molecule has 22 heavy (non-hydrogen) atoms. The largest absolute Gasteiger partial charge is 0.369 e. The van der Waals surface area contributed by atoms with E-state index >= 15 is 0 Å². The van der Waals surface area contributed by atoms with Crippen LogP contribution in [-0.2, 0) is 26.2 Å². The maximum atomic E-state index is 11.8. The van der Waals surface area contributed by atoms with Crippen LogP contribution in [0.1, 0.15) is 5.56 Å². The van der Waals surface area contributed by atoms with Gasteiger partial charge in [0.2, 0.25) is 11.8 Å². The van der Waals surface area contributed by atoms with E-state index in [1.165, 1.54) is 21.1 Å².